The lowest BCUT2D eigenvalue weighted by atomic mass is 9.87. The topological polar surface area (TPSA) is 80.3 Å². The molecule has 0 fully saturated rings. The molecule has 0 saturated heterocycles. The number of nitrogens with zero attached hydrogens (tertiary/aromatic N) is 1. The number of aromatic nitrogens is 1. The van der Waals surface area contributed by atoms with Crippen LogP contribution in [0.1, 0.15) is 47.4 Å². The molecule has 142 valence electrons. The van der Waals surface area contributed by atoms with E-state index < -0.39 is 12.1 Å². The van der Waals surface area contributed by atoms with Gasteiger partial charge in [0.2, 0.25) is 0 Å². The molecule has 1 amide bonds. The van der Waals surface area contributed by atoms with E-state index in [4.69, 9.17) is 4.74 Å². The Labute approximate surface area is 162 Å². The van der Waals surface area contributed by atoms with Crippen LogP contribution in [0.2, 0.25) is 0 Å². The number of carbonyl (C=O) groups is 2. The summed E-state index contributed by atoms with van der Waals surface area (Å²) in [6.45, 7) is 5.75. The SMILES string of the molecule is C=CCNc1nc(C(=O)OC(C)C(=O)NC2CCCc3ccccc32)cs1. The molecule has 1 aliphatic carbocycles. The molecule has 27 heavy (non-hydrogen) atoms. The number of hydrogen-bond acceptors (Lipinski definition) is 6. The van der Waals surface area contributed by atoms with Crippen LogP contribution in [0.3, 0.4) is 0 Å². The van der Waals surface area contributed by atoms with Gasteiger partial charge in [0.15, 0.2) is 16.9 Å². The van der Waals surface area contributed by atoms with Crippen LogP contribution in [0.15, 0.2) is 42.3 Å². The minimum Gasteiger partial charge on any atom is -0.448 e. The Kier molecular flexibility index (Phi) is 6.24. The van der Waals surface area contributed by atoms with E-state index in [1.54, 1.807) is 18.4 Å². The number of anilines is 1. The van der Waals surface area contributed by atoms with Gasteiger partial charge in [-0.3, -0.25) is 4.79 Å². The molecule has 7 heteroatoms. The number of benzene rings is 1. The maximum Gasteiger partial charge on any atom is 0.358 e. The van der Waals surface area contributed by atoms with Gasteiger partial charge in [0.1, 0.15) is 0 Å². The highest BCUT2D eigenvalue weighted by atomic mass is 32.1. The van der Waals surface area contributed by atoms with E-state index in [-0.39, 0.29) is 17.6 Å². The fraction of sp³-hybridized carbons (Fsp3) is 0.350. The highest BCUT2D eigenvalue weighted by Crippen LogP contribution is 2.29. The van der Waals surface area contributed by atoms with Gasteiger partial charge in [-0.1, -0.05) is 30.3 Å². The van der Waals surface area contributed by atoms with Gasteiger partial charge >= 0.3 is 5.97 Å². The summed E-state index contributed by atoms with van der Waals surface area (Å²) in [5.74, 6) is -0.908. The Hall–Kier alpha value is -2.67. The molecular formula is C20H23N3O3S. The summed E-state index contributed by atoms with van der Waals surface area (Å²) in [5.41, 5.74) is 2.60. The van der Waals surface area contributed by atoms with Crippen LogP contribution in [-0.4, -0.2) is 29.5 Å². The summed E-state index contributed by atoms with van der Waals surface area (Å²) in [4.78, 5) is 28.9. The fourth-order valence-corrected chi connectivity index (χ4v) is 3.77. The molecule has 1 aromatic heterocycles. The second-order valence-electron chi connectivity index (χ2n) is 6.41. The second kappa shape index (κ2) is 8.81. The average molecular weight is 385 g/mol. The molecule has 1 aliphatic rings. The molecule has 0 spiro atoms. The lowest BCUT2D eigenvalue weighted by Gasteiger charge is -2.27. The van der Waals surface area contributed by atoms with Gasteiger partial charge in [-0.25, -0.2) is 9.78 Å². The molecule has 2 atom stereocenters. The van der Waals surface area contributed by atoms with Crippen LogP contribution in [0.4, 0.5) is 5.13 Å². The Morgan fingerprint density at radius 2 is 2.26 bits per heavy atom. The van der Waals surface area contributed by atoms with Crippen molar-refractivity contribution in [2.75, 3.05) is 11.9 Å². The first-order chi connectivity index (χ1) is 13.1. The minimum atomic E-state index is -0.891. The first-order valence-electron chi connectivity index (χ1n) is 8.98. The third-order valence-corrected chi connectivity index (χ3v) is 5.25. The summed E-state index contributed by atoms with van der Waals surface area (Å²) < 4.78 is 5.29. The molecule has 0 radical (unpaired) electrons. The number of amides is 1. The van der Waals surface area contributed by atoms with Gasteiger partial charge in [0.25, 0.3) is 5.91 Å². The van der Waals surface area contributed by atoms with Gasteiger partial charge in [0, 0.05) is 11.9 Å². The number of ether oxygens (including phenoxy) is 1. The molecule has 2 N–H and O–H groups in total. The normalized spacial score (nSPS) is 16.7. The number of nitrogens with one attached hydrogen (secondary N) is 2. The average Bonchev–Trinajstić information content (AvgIpc) is 3.15. The molecule has 2 aromatic rings. The van der Waals surface area contributed by atoms with Crippen molar-refractivity contribution in [2.45, 2.75) is 38.3 Å². The fourth-order valence-electron chi connectivity index (χ4n) is 3.08. The number of thiazole rings is 1. The zero-order valence-corrected chi connectivity index (χ0v) is 16.1. The minimum absolute atomic E-state index is 0.0439. The van der Waals surface area contributed by atoms with Gasteiger partial charge in [0.05, 0.1) is 6.04 Å². The van der Waals surface area contributed by atoms with Crippen molar-refractivity contribution in [2.24, 2.45) is 0 Å². The lowest BCUT2D eigenvalue weighted by Crippen LogP contribution is -2.39. The number of esters is 1. The van der Waals surface area contributed by atoms with Crippen molar-refractivity contribution in [3.05, 3.63) is 59.1 Å². The first kappa shape index (κ1) is 19.1. The van der Waals surface area contributed by atoms with Gasteiger partial charge in [-0.05, 0) is 37.3 Å². The van der Waals surface area contributed by atoms with Crippen molar-refractivity contribution >= 4 is 28.3 Å². The zero-order valence-electron chi connectivity index (χ0n) is 15.2. The smallest absolute Gasteiger partial charge is 0.358 e. The lowest BCUT2D eigenvalue weighted by molar-refractivity contribution is -0.130. The highest BCUT2D eigenvalue weighted by molar-refractivity contribution is 7.13. The third kappa shape index (κ3) is 4.74. The van der Waals surface area contributed by atoms with Gasteiger partial charge in [-0.2, -0.15) is 0 Å². The summed E-state index contributed by atoms with van der Waals surface area (Å²) in [7, 11) is 0. The highest BCUT2D eigenvalue weighted by Gasteiger charge is 2.26. The maximum atomic E-state index is 12.5. The van der Waals surface area contributed by atoms with Crippen LogP contribution in [0, 0.1) is 0 Å². The Morgan fingerprint density at radius 1 is 1.44 bits per heavy atom. The van der Waals surface area contributed by atoms with Crippen LogP contribution < -0.4 is 10.6 Å². The van der Waals surface area contributed by atoms with Gasteiger partial charge in [-0.15, -0.1) is 17.9 Å². The Morgan fingerprint density at radius 3 is 3.07 bits per heavy atom. The van der Waals surface area contributed by atoms with Crippen LogP contribution in [-0.2, 0) is 16.0 Å². The number of rotatable bonds is 7. The summed E-state index contributed by atoms with van der Waals surface area (Å²) in [6.07, 6.45) is 3.75. The predicted molar refractivity (Wildman–Crippen MR) is 106 cm³/mol. The molecule has 2 unspecified atom stereocenters. The third-order valence-electron chi connectivity index (χ3n) is 4.45. The number of hydrogen-bond donors (Lipinski definition) is 2. The van der Waals surface area contributed by atoms with E-state index in [2.05, 4.69) is 28.3 Å². The quantitative estimate of drug-likeness (QED) is 0.563. The molecule has 1 heterocycles. The molecule has 0 bridgehead atoms. The van der Waals surface area contributed by atoms with E-state index in [1.807, 2.05) is 18.2 Å². The van der Waals surface area contributed by atoms with E-state index in [0.29, 0.717) is 11.7 Å². The molecule has 1 aromatic carbocycles. The first-order valence-corrected chi connectivity index (χ1v) is 9.86. The molecule has 6 nitrogen and oxygen atoms in total. The van der Waals surface area contributed by atoms with Crippen LogP contribution >= 0.6 is 11.3 Å². The molecule has 3 rings (SSSR count). The van der Waals surface area contributed by atoms with Crippen molar-refractivity contribution in [3.8, 4) is 0 Å². The number of carbonyl (C=O) groups excluding carboxylic acids is 2. The van der Waals surface area contributed by atoms with Crippen molar-refractivity contribution in [1.82, 2.24) is 10.3 Å². The Balaban J connectivity index is 1.57. The largest absolute Gasteiger partial charge is 0.448 e. The van der Waals surface area contributed by atoms with Gasteiger partial charge < -0.3 is 15.4 Å². The van der Waals surface area contributed by atoms with E-state index >= 15 is 0 Å². The molecule has 0 aliphatic heterocycles. The maximum absolute atomic E-state index is 12.5. The van der Waals surface area contributed by atoms with Crippen molar-refractivity contribution in [1.29, 1.82) is 0 Å². The summed E-state index contributed by atoms with van der Waals surface area (Å²) in [5, 5.41) is 8.23. The number of fused-ring (bicyclic) bond motifs is 1. The monoisotopic (exact) mass is 385 g/mol. The zero-order chi connectivity index (χ0) is 19.2. The number of aryl methyl sites for hydroxylation is 1. The summed E-state index contributed by atoms with van der Waals surface area (Å²) >= 11 is 1.30. The van der Waals surface area contributed by atoms with E-state index in [1.165, 1.54) is 16.9 Å². The molecule has 0 saturated carbocycles. The summed E-state index contributed by atoms with van der Waals surface area (Å²) in [6, 6.07) is 8.09. The van der Waals surface area contributed by atoms with Crippen LogP contribution in [0.5, 0.6) is 0 Å². The second-order valence-corrected chi connectivity index (χ2v) is 7.27. The van der Waals surface area contributed by atoms with Crippen molar-refractivity contribution in [3.63, 3.8) is 0 Å². The standard InChI is InChI=1S/C20H23N3O3S/c1-3-11-21-20-23-17(12-27-20)19(25)26-13(2)18(24)22-16-10-6-8-14-7-4-5-9-15(14)16/h3-5,7,9,12-13,16H,1,6,8,10-11H2,2H3,(H,21,23)(H,22,24). The Bertz CT molecular complexity index is 833. The molecular weight excluding hydrogens is 362 g/mol. The predicted octanol–water partition coefficient (Wildman–Crippen LogP) is 3.48. The van der Waals surface area contributed by atoms with E-state index in [9.17, 15) is 9.59 Å². The van der Waals surface area contributed by atoms with Crippen molar-refractivity contribution < 1.29 is 14.3 Å². The van der Waals surface area contributed by atoms with E-state index in [0.717, 1.165) is 24.8 Å². The van der Waals surface area contributed by atoms with Crippen LogP contribution in [0.25, 0.3) is 0 Å².